The summed E-state index contributed by atoms with van der Waals surface area (Å²) < 4.78 is 28.7. The summed E-state index contributed by atoms with van der Waals surface area (Å²) in [5.74, 6) is -0.828. The van der Waals surface area contributed by atoms with Crippen molar-refractivity contribution >= 4 is 39.1 Å². The van der Waals surface area contributed by atoms with Gasteiger partial charge in [0.15, 0.2) is 0 Å². The highest BCUT2D eigenvalue weighted by molar-refractivity contribution is 7.92. The molecule has 0 aliphatic rings. The first-order valence-electron chi connectivity index (χ1n) is 13.1. The van der Waals surface area contributed by atoms with Gasteiger partial charge in [-0.2, -0.15) is 0 Å². The number of sulfonamides is 1. The van der Waals surface area contributed by atoms with Crippen LogP contribution in [0.2, 0.25) is 5.02 Å². The zero-order valence-electron chi connectivity index (χ0n) is 22.8. The predicted molar refractivity (Wildman–Crippen MR) is 156 cm³/mol. The van der Waals surface area contributed by atoms with E-state index in [1.54, 1.807) is 55.5 Å². The Hall–Kier alpha value is -3.36. The van der Waals surface area contributed by atoms with Crippen LogP contribution in [0.3, 0.4) is 0 Å². The number of hydrogen-bond acceptors (Lipinski definition) is 4. The van der Waals surface area contributed by atoms with E-state index < -0.39 is 28.5 Å². The second-order valence-corrected chi connectivity index (χ2v) is 11.8. The number of benzene rings is 3. The van der Waals surface area contributed by atoms with Crippen LogP contribution in [0, 0.1) is 0 Å². The van der Waals surface area contributed by atoms with Crippen LogP contribution in [0.1, 0.15) is 45.2 Å². The number of rotatable bonds is 12. The van der Waals surface area contributed by atoms with Crippen molar-refractivity contribution in [2.24, 2.45) is 0 Å². The highest BCUT2D eigenvalue weighted by Crippen LogP contribution is 2.25. The molecule has 3 rings (SSSR count). The molecule has 2 atom stereocenters. The highest BCUT2D eigenvalue weighted by atomic mass is 35.5. The maximum absolute atomic E-state index is 13.9. The summed E-state index contributed by atoms with van der Waals surface area (Å²) in [5.41, 5.74) is 2.13. The van der Waals surface area contributed by atoms with Gasteiger partial charge < -0.3 is 10.2 Å². The fraction of sp³-hybridized carbons (Fsp3) is 0.333. The average Bonchev–Trinajstić information content (AvgIpc) is 2.94. The molecule has 0 radical (unpaired) electrons. The van der Waals surface area contributed by atoms with Gasteiger partial charge >= 0.3 is 0 Å². The molecular formula is C30H36ClN3O4S. The summed E-state index contributed by atoms with van der Waals surface area (Å²) in [6.45, 7) is 7.11. The van der Waals surface area contributed by atoms with E-state index in [-0.39, 0.29) is 23.4 Å². The molecule has 0 saturated carbocycles. The van der Waals surface area contributed by atoms with Gasteiger partial charge in [-0.3, -0.25) is 13.9 Å². The van der Waals surface area contributed by atoms with Crippen molar-refractivity contribution in [1.82, 2.24) is 10.2 Å². The van der Waals surface area contributed by atoms with Crippen LogP contribution >= 0.6 is 11.6 Å². The quantitative estimate of drug-likeness (QED) is 0.315. The van der Waals surface area contributed by atoms with Gasteiger partial charge in [0.25, 0.3) is 10.0 Å². The van der Waals surface area contributed by atoms with Crippen LogP contribution in [0.4, 0.5) is 5.69 Å². The topological polar surface area (TPSA) is 86.8 Å². The zero-order chi connectivity index (χ0) is 28.6. The van der Waals surface area contributed by atoms with E-state index in [1.807, 2.05) is 39.0 Å². The van der Waals surface area contributed by atoms with Gasteiger partial charge in [0.05, 0.1) is 10.6 Å². The molecule has 0 fully saturated rings. The first-order chi connectivity index (χ1) is 18.6. The minimum atomic E-state index is -4.09. The summed E-state index contributed by atoms with van der Waals surface area (Å²) in [7, 11) is -4.09. The third kappa shape index (κ3) is 7.83. The molecule has 39 heavy (non-hydrogen) atoms. The average molecular weight is 570 g/mol. The van der Waals surface area contributed by atoms with Crippen molar-refractivity contribution < 1.29 is 18.0 Å². The first kappa shape index (κ1) is 30.2. The lowest BCUT2D eigenvalue weighted by molar-refractivity contribution is -0.139. The third-order valence-corrected chi connectivity index (χ3v) is 8.68. The summed E-state index contributed by atoms with van der Waals surface area (Å²) in [6.07, 6.45) is 1.53. The highest BCUT2D eigenvalue weighted by Gasteiger charge is 2.32. The van der Waals surface area contributed by atoms with Crippen LogP contribution in [-0.4, -0.2) is 43.8 Å². The molecule has 0 saturated heterocycles. The fourth-order valence-corrected chi connectivity index (χ4v) is 5.67. The van der Waals surface area contributed by atoms with Gasteiger partial charge in [-0.05, 0) is 74.2 Å². The molecule has 0 unspecified atom stereocenters. The Balaban J connectivity index is 2.02. The second kappa shape index (κ2) is 13.6. The summed E-state index contributed by atoms with van der Waals surface area (Å²) in [5, 5.41) is 3.43. The minimum Gasteiger partial charge on any atom is -0.352 e. The number of nitrogens with zero attached hydrogens (tertiary/aromatic N) is 2. The second-order valence-electron chi connectivity index (χ2n) is 9.49. The number of carbonyl (C=O) groups is 2. The van der Waals surface area contributed by atoms with Crippen LogP contribution in [0.25, 0.3) is 0 Å². The predicted octanol–water partition coefficient (Wildman–Crippen LogP) is 5.43. The SMILES string of the molecule is CCc1ccc(N(CC(=O)N(Cc2cccc(Cl)c2)[C@H](C)C(=O)N[C@@H](C)CC)S(=O)(=O)c2ccccc2)cc1. The zero-order valence-corrected chi connectivity index (χ0v) is 24.4. The van der Waals surface area contributed by atoms with E-state index >= 15 is 0 Å². The lowest BCUT2D eigenvalue weighted by Gasteiger charge is -2.32. The van der Waals surface area contributed by atoms with Crippen molar-refractivity contribution in [2.75, 3.05) is 10.8 Å². The summed E-state index contributed by atoms with van der Waals surface area (Å²) in [4.78, 5) is 28.5. The number of carbonyl (C=O) groups excluding carboxylic acids is 2. The van der Waals surface area contributed by atoms with E-state index in [0.717, 1.165) is 28.3 Å². The van der Waals surface area contributed by atoms with E-state index in [2.05, 4.69) is 5.32 Å². The molecule has 0 spiro atoms. The molecule has 7 nitrogen and oxygen atoms in total. The van der Waals surface area contributed by atoms with Gasteiger partial charge in [0.2, 0.25) is 11.8 Å². The molecule has 208 valence electrons. The Labute approximate surface area is 236 Å². The Morgan fingerprint density at radius 2 is 1.56 bits per heavy atom. The third-order valence-electron chi connectivity index (χ3n) is 6.65. The Bertz CT molecular complexity index is 1360. The van der Waals surface area contributed by atoms with Crippen LogP contribution in [-0.2, 0) is 32.6 Å². The molecule has 3 aromatic rings. The monoisotopic (exact) mass is 569 g/mol. The molecule has 0 aromatic heterocycles. The normalized spacial score (nSPS) is 12.8. The first-order valence-corrected chi connectivity index (χ1v) is 14.9. The Morgan fingerprint density at radius 3 is 2.15 bits per heavy atom. The summed E-state index contributed by atoms with van der Waals surface area (Å²) >= 11 is 6.18. The van der Waals surface area contributed by atoms with Crippen LogP contribution < -0.4 is 9.62 Å². The van der Waals surface area contributed by atoms with Gasteiger partial charge in [0, 0.05) is 17.6 Å². The molecule has 2 amide bonds. The van der Waals surface area contributed by atoms with E-state index in [0.29, 0.717) is 10.7 Å². The number of nitrogens with one attached hydrogen (secondary N) is 1. The van der Waals surface area contributed by atoms with Gasteiger partial charge in [-0.15, -0.1) is 0 Å². The van der Waals surface area contributed by atoms with Crippen molar-refractivity contribution in [1.29, 1.82) is 0 Å². The number of hydrogen-bond donors (Lipinski definition) is 1. The smallest absolute Gasteiger partial charge is 0.264 e. The molecule has 0 heterocycles. The summed E-state index contributed by atoms with van der Waals surface area (Å²) in [6, 6.07) is 21.2. The molecule has 1 N–H and O–H groups in total. The van der Waals surface area contributed by atoms with E-state index in [9.17, 15) is 18.0 Å². The van der Waals surface area contributed by atoms with Crippen molar-refractivity contribution in [3.63, 3.8) is 0 Å². The molecule has 9 heteroatoms. The Morgan fingerprint density at radius 1 is 0.897 bits per heavy atom. The minimum absolute atomic E-state index is 0.0707. The Kier molecular flexibility index (Phi) is 10.5. The lowest BCUT2D eigenvalue weighted by atomic mass is 10.1. The standard InChI is InChI=1S/C30H36ClN3O4S/c1-5-22(3)32-30(36)23(4)33(20-25-11-10-12-26(31)19-25)29(35)21-34(27-17-15-24(6-2)16-18-27)39(37,38)28-13-8-7-9-14-28/h7-19,22-23H,5-6,20-21H2,1-4H3,(H,32,36)/t22-,23+/m0/s1. The van der Waals surface area contributed by atoms with Gasteiger partial charge in [0.1, 0.15) is 12.6 Å². The van der Waals surface area contributed by atoms with Gasteiger partial charge in [-0.25, -0.2) is 8.42 Å². The molecule has 0 aliphatic carbocycles. The maximum Gasteiger partial charge on any atom is 0.264 e. The van der Waals surface area contributed by atoms with Gasteiger partial charge in [-0.1, -0.05) is 67.9 Å². The number of amides is 2. The maximum atomic E-state index is 13.9. The largest absolute Gasteiger partial charge is 0.352 e. The number of aryl methyl sites for hydroxylation is 1. The van der Waals surface area contributed by atoms with E-state index in [4.69, 9.17) is 11.6 Å². The van der Waals surface area contributed by atoms with Crippen LogP contribution in [0.15, 0.2) is 83.8 Å². The van der Waals surface area contributed by atoms with Crippen LogP contribution in [0.5, 0.6) is 0 Å². The molecule has 0 bridgehead atoms. The lowest BCUT2D eigenvalue weighted by Crippen LogP contribution is -2.52. The number of halogens is 1. The fourth-order valence-electron chi connectivity index (χ4n) is 4.03. The van der Waals surface area contributed by atoms with Crippen molar-refractivity contribution in [3.8, 4) is 0 Å². The number of anilines is 1. The molecular weight excluding hydrogens is 534 g/mol. The van der Waals surface area contributed by atoms with E-state index in [1.165, 1.54) is 17.0 Å². The molecule has 0 aliphatic heterocycles. The van der Waals surface area contributed by atoms with Crippen molar-refractivity contribution in [2.45, 2.75) is 64.1 Å². The molecule has 3 aromatic carbocycles. The van der Waals surface area contributed by atoms with Crippen molar-refractivity contribution in [3.05, 3.63) is 95.0 Å².